The molecule has 0 aliphatic heterocycles. The van der Waals surface area contributed by atoms with Gasteiger partial charge in [-0.1, -0.05) is 42.5 Å². The standard InChI is InChI=1S/C21H20N6O/c1-26-24-21(23-25-26)17-11-5-6-12-18(17)22-20(28)15-19(27-13-7-8-14-27)16-9-3-2-4-10-16/h2-14,19H,15H2,1H3,(H,22,28)/t19-/m0/s1. The zero-order valence-corrected chi connectivity index (χ0v) is 15.4. The second-order valence-corrected chi connectivity index (χ2v) is 6.46. The Labute approximate surface area is 162 Å². The molecular weight excluding hydrogens is 352 g/mol. The van der Waals surface area contributed by atoms with E-state index < -0.39 is 0 Å². The maximum atomic E-state index is 12.9. The van der Waals surface area contributed by atoms with E-state index in [0.717, 1.165) is 11.1 Å². The number of anilines is 1. The van der Waals surface area contributed by atoms with E-state index in [-0.39, 0.29) is 11.9 Å². The number of hydrogen-bond donors (Lipinski definition) is 1. The molecule has 0 radical (unpaired) electrons. The van der Waals surface area contributed by atoms with Crippen LogP contribution >= 0.6 is 0 Å². The van der Waals surface area contributed by atoms with E-state index >= 15 is 0 Å². The summed E-state index contributed by atoms with van der Waals surface area (Å²) in [7, 11) is 1.71. The van der Waals surface area contributed by atoms with Gasteiger partial charge in [0.15, 0.2) is 0 Å². The first-order valence-electron chi connectivity index (χ1n) is 9.01. The van der Waals surface area contributed by atoms with Gasteiger partial charge in [0.1, 0.15) is 0 Å². The quantitative estimate of drug-likeness (QED) is 0.563. The summed E-state index contributed by atoms with van der Waals surface area (Å²) in [6, 6.07) is 21.3. The zero-order valence-electron chi connectivity index (χ0n) is 15.4. The van der Waals surface area contributed by atoms with Crippen molar-refractivity contribution in [3.05, 3.63) is 84.7 Å². The molecule has 7 heteroatoms. The number of nitrogens with one attached hydrogen (secondary N) is 1. The Kier molecular flexibility index (Phi) is 4.97. The number of amides is 1. The van der Waals surface area contributed by atoms with Crippen molar-refractivity contribution in [2.45, 2.75) is 12.5 Å². The number of aryl methyl sites for hydroxylation is 1. The van der Waals surface area contributed by atoms with E-state index in [1.54, 1.807) is 7.05 Å². The van der Waals surface area contributed by atoms with Gasteiger partial charge in [0.05, 0.1) is 25.2 Å². The van der Waals surface area contributed by atoms with Crippen molar-refractivity contribution in [2.75, 3.05) is 5.32 Å². The highest BCUT2D eigenvalue weighted by atomic mass is 16.1. The third-order valence-electron chi connectivity index (χ3n) is 4.50. The lowest BCUT2D eigenvalue weighted by Crippen LogP contribution is -2.20. The molecule has 0 saturated heterocycles. The SMILES string of the molecule is Cn1nnc(-c2ccccc2NC(=O)C[C@@H](c2ccccc2)n2cccc2)n1. The number of benzene rings is 2. The van der Waals surface area contributed by atoms with Gasteiger partial charge in [0, 0.05) is 18.0 Å². The Morgan fingerprint density at radius 3 is 2.43 bits per heavy atom. The largest absolute Gasteiger partial charge is 0.346 e. The highest BCUT2D eigenvalue weighted by Crippen LogP contribution is 2.26. The topological polar surface area (TPSA) is 77.6 Å². The van der Waals surface area contributed by atoms with E-state index in [2.05, 4.69) is 20.7 Å². The van der Waals surface area contributed by atoms with Crippen molar-refractivity contribution in [2.24, 2.45) is 7.05 Å². The summed E-state index contributed by atoms with van der Waals surface area (Å²) in [5.41, 5.74) is 2.48. The number of tetrazole rings is 1. The van der Waals surface area contributed by atoms with Gasteiger partial charge in [0.25, 0.3) is 0 Å². The van der Waals surface area contributed by atoms with Crippen LogP contribution in [0.1, 0.15) is 18.0 Å². The number of nitrogens with zero attached hydrogens (tertiary/aromatic N) is 5. The van der Waals surface area contributed by atoms with Crippen LogP contribution in [0, 0.1) is 0 Å². The Balaban J connectivity index is 1.57. The molecule has 2 heterocycles. The first-order chi connectivity index (χ1) is 13.7. The number of aromatic nitrogens is 5. The normalized spacial score (nSPS) is 11.9. The number of para-hydroxylation sites is 1. The van der Waals surface area contributed by atoms with Crippen molar-refractivity contribution < 1.29 is 4.79 Å². The monoisotopic (exact) mass is 372 g/mol. The second-order valence-electron chi connectivity index (χ2n) is 6.46. The van der Waals surface area contributed by atoms with Gasteiger partial charge in [-0.05, 0) is 35.0 Å². The van der Waals surface area contributed by atoms with Crippen molar-refractivity contribution in [3.63, 3.8) is 0 Å². The fraction of sp³-hybridized carbons (Fsp3) is 0.143. The minimum absolute atomic E-state index is 0.0844. The summed E-state index contributed by atoms with van der Waals surface area (Å²) in [6.45, 7) is 0. The molecule has 7 nitrogen and oxygen atoms in total. The van der Waals surface area contributed by atoms with Crippen LogP contribution in [0.2, 0.25) is 0 Å². The minimum atomic E-state index is -0.0852. The van der Waals surface area contributed by atoms with Crippen LogP contribution in [0.15, 0.2) is 79.1 Å². The van der Waals surface area contributed by atoms with Crippen LogP contribution in [0.4, 0.5) is 5.69 Å². The van der Waals surface area contributed by atoms with Crippen molar-refractivity contribution in [1.29, 1.82) is 0 Å². The first-order valence-corrected chi connectivity index (χ1v) is 9.01. The minimum Gasteiger partial charge on any atom is -0.346 e. The molecule has 2 aromatic carbocycles. The Bertz CT molecular complexity index is 1060. The Morgan fingerprint density at radius 1 is 1.00 bits per heavy atom. The second kappa shape index (κ2) is 7.87. The number of carbonyl (C=O) groups excluding carboxylic acids is 1. The van der Waals surface area contributed by atoms with E-state index in [9.17, 15) is 4.79 Å². The van der Waals surface area contributed by atoms with Gasteiger partial charge in [-0.25, -0.2) is 0 Å². The average Bonchev–Trinajstić information content (AvgIpc) is 3.39. The lowest BCUT2D eigenvalue weighted by molar-refractivity contribution is -0.116. The maximum absolute atomic E-state index is 12.9. The molecule has 1 atom stereocenters. The summed E-state index contributed by atoms with van der Waals surface area (Å²) >= 11 is 0. The Hall–Kier alpha value is -3.74. The fourth-order valence-electron chi connectivity index (χ4n) is 3.18. The average molecular weight is 372 g/mol. The van der Waals surface area contributed by atoms with Gasteiger partial charge < -0.3 is 9.88 Å². The number of rotatable bonds is 6. The van der Waals surface area contributed by atoms with Gasteiger partial charge >= 0.3 is 0 Å². The van der Waals surface area contributed by atoms with Gasteiger partial charge in [-0.2, -0.15) is 4.80 Å². The van der Waals surface area contributed by atoms with Gasteiger partial charge in [-0.3, -0.25) is 4.79 Å². The third kappa shape index (κ3) is 3.83. The van der Waals surface area contributed by atoms with E-state index in [0.29, 0.717) is 17.9 Å². The molecule has 28 heavy (non-hydrogen) atoms. The van der Waals surface area contributed by atoms with E-state index in [4.69, 9.17) is 0 Å². The van der Waals surface area contributed by atoms with Crippen LogP contribution < -0.4 is 5.32 Å². The molecule has 1 N–H and O–H groups in total. The maximum Gasteiger partial charge on any atom is 0.226 e. The molecule has 0 bridgehead atoms. The van der Waals surface area contributed by atoms with Crippen molar-refractivity contribution >= 4 is 11.6 Å². The van der Waals surface area contributed by atoms with Gasteiger partial charge in [-0.15, -0.1) is 10.2 Å². The first kappa shape index (κ1) is 17.7. The fourth-order valence-corrected chi connectivity index (χ4v) is 3.18. The van der Waals surface area contributed by atoms with Crippen LogP contribution in [-0.2, 0) is 11.8 Å². The van der Waals surface area contributed by atoms with Crippen LogP contribution in [-0.4, -0.2) is 30.7 Å². The van der Waals surface area contributed by atoms with Crippen molar-refractivity contribution in [3.8, 4) is 11.4 Å². The van der Waals surface area contributed by atoms with Gasteiger partial charge in [0.2, 0.25) is 11.7 Å². The molecule has 140 valence electrons. The highest BCUT2D eigenvalue weighted by molar-refractivity contribution is 5.95. The molecule has 0 fully saturated rings. The molecule has 0 spiro atoms. The predicted octanol–water partition coefficient (Wildman–Crippen LogP) is 3.30. The number of carbonyl (C=O) groups is 1. The summed E-state index contributed by atoms with van der Waals surface area (Å²) < 4.78 is 2.05. The van der Waals surface area contributed by atoms with Crippen LogP contribution in [0.5, 0.6) is 0 Å². The van der Waals surface area contributed by atoms with E-state index in [1.165, 1.54) is 4.80 Å². The molecule has 1 amide bonds. The molecule has 0 aliphatic carbocycles. The summed E-state index contributed by atoms with van der Waals surface area (Å²) in [6.07, 6.45) is 4.26. The lowest BCUT2D eigenvalue weighted by atomic mass is 10.0. The summed E-state index contributed by atoms with van der Waals surface area (Å²) in [4.78, 5) is 14.3. The van der Waals surface area contributed by atoms with E-state index in [1.807, 2.05) is 83.7 Å². The van der Waals surface area contributed by atoms with Crippen LogP contribution in [0.3, 0.4) is 0 Å². The molecule has 4 rings (SSSR count). The molecule has 0 unspecified atom stereocenters. The smallest absolute Gasteiger partial charge is 0.226 e. The molecule has 4 aromatic rings. The number of hydrogen-bond acceptors (Lipinski definition) is 4. The summed E-state index contributed by atoms with van der Waals surface area (Å²) in [5, 5.41) is 15.2. The van der Waals surface area contributed by atoms with Crippen molar-refractivity contribution in [1.82, 2.24) is 24.8 Å². The zero-order chi connectivity index (χ0) is 19.3. The predicted molar refractivity (Wildman–Crippen MR) is 106 cm³/mol. The Morgan fingerprint density at radius 2 is 1.71 bits per heavy atom. The van der Waals surface area contributed by atoms with Crippen LogP contribution in [0.25, 0.3) is 11.4 Å². The molecule has 2 aromatic heterocycles. The highest BCUT2D eigenvalue weighted by Gasteiger charge is 2.19. The third-order valence-corrected chi connectivity index (χ3v) is 4.50. The molecular formula is C21H20N6O. The molecule has 0 saturated carbocycles. The summed E-state index contributed by atoms with van der Waals surface area (Å²) in [5.74, 6) is 0.391. The lowest BCUT2D eigenvalue weighted by Gasteiger charge is -2.19. The molecule has 0 aliphatic rings.